The lowest BCUT2D eigenvalue weighted by Gasteiger charge is -2.16. The summed E-state index contributed by atoms with van der Waals surface area (Å²) in [6.07, 6.45) is 7.97. The van der Waals surface area contributed by atoms with Crippen LogP contribution in [0.15, 0.2) is 0 Å². The Morgan fingerprint density at radius 3 is 0.600 bits per heavy atom. The zero-order valence-corrected chi connectivity index (χ0v) is 15.5. The van der Waals surface area contributed by atoms with Crippen LogP contribution < -0.4 is 9.80 Å². The Hall–Kier alpha value is -0.0800. The van der Waals surface area contributed by atoms with Gasteiger partial charge >= 0.3 is 0 Å². The molecule has 0 aliphatic rings. The molecule has 0 fully saturated rings. The van der Waals surface area contributed by atoms with Crippen molar-refractivity contribution in [2.45, 2.75) is 80.1 Å². The van der Waals surface area contributed by atoms with Gasteiger partial charge in [-0.2, -0.15) is 0 Å². The third-order valence-electron chi connectivity index (χ3n) is 3.62. The minimum Gasteiger partial charge on any atom is -0.335 e. The highest BCUT2D eigenvalue weighted by Crippen LogP contribution is 1.72. The summed E-state index contributed by atoms with van der Waals surface area (Å²) in [5.41, 5.74) is 0. The zero-order chi connectivity index (χ0) is 15.6. The van der Waals surface area contributed by atoms with E-state index >= 15 is 0 Å². The first-order chi connectivity index (χ1) is 9.69. The van der Waals surface area contributed by atoms with Gasteiger partial charge in [0, 0.05) is 0 Å². The molecule has 0 spiro atoms. The molecule has 124 valence electrons. The van der Waals surface area contributed by atoms with Gasteiger partial charge < -0.3 is 9.80 Å². The molecule has 0 amide bonds. The first-order valence-corrected chi connectivity index (χ1v) is 9.36. The molecule has 0 bridgehead atoms. The Kier molecular flexibility index (Phi) is 21.0. The molecule has 2 nitrogen and oxygen atoms in total. The van der Waals surface area contributed by atoms with Crippen molar-refractivity contribution in [2.24, 2.45) is 0 Å². The van der Waals surface area contributed by atoms with Crippen LogP contribution in [0, 0.1) is 0 Å². The second kappa shape index (κ2) is 18.9. The molecule has 0 saturated heterocycles. The lowest BCUT2D eigenvalue weighted by atomic mass is 10.3. The highest BCUT2D eigenvalue weighted by molar-refractivity contribution is 4.29. The topological polar surface area (TPSA) is 8.88 Å². The van der Waals surface area contributed by atoms with E-state index in [-0.39, 0.29) is 0 Å². The molecule has 0 aromatic carbocycles. The molecule has 0 atom stereocenters. The average Bonchev–Trinajstić information content (AvgIpc) is 2.41. The van der Waals surface area contributed by atoms with Gasteiger partial charge in [-0.05, 0) is 38.5 Å². The van der Waals surface area contributed by atoms with Crippen molar-refractivity contribution in [3.63, 3.8) is 0 Å². The number of rotatable bonds is 12. The molecule has 2 heteroatoms. The lowest BCUT2D eigenvalue weighted by Crippen LogP contribution is -3.11. The summed E-state index contributed by atoms with van der Waals surface area (Å²) in [6.45, 7) is 21.8. The normalized spacial score (nSPS) is 10.8. The largest absolute Gasteiger partial charge is 0.335 e. The first kappa shape index (κ1) is 22.2. The molecule has 0 aromatic rings. The first-order valence-electron chi connectivity index (χ1n) is 9.36. The van der Waals surface area contributed by atoms with Gasteiger partial charge in [0.2, 0.25) is 0 Å². The van der Waals surface area contributed by atoms with Gasteiger partial charge in [0.15, 0.2) is 0 Å². The molecule has 2 N–H and O–H groups in total. The van der Waals surface area contributed by atoms with Crippen LogP contribution >= 0.6 is 0 Å². The highest BCUT2D eigenvalue weighted by atomic mass is 15.1. The maximum atomic E-state index is 2.27. The van der Waals surface area contributed by atoms with Crippen LogP contribution in [0.2, 0.25) is 0 Å². The maximum absolute atomic E-state index is 2.27. The van der Waals surface area contributed by atoms with Crippen LogP contribution in [0.1, 0.15) is 80.1 Å². The zero-order valence-electron chi connectivity index (χ0n) is 15.5. The van der Waals surface area contributed by atoms with Crippen LogP contribution in [-0.4, -0.2) is 39.3 Å². The van der Waals surface area contributed by atoms with Crippen molar-refractivity contribution in [1.82, 2.24) is 0 Å². The van der Waals surface area contributed by atoms with Gasteiger partial charge in [-0.15, -0.1) is 0 Å². The second-order valence-corrected chi connectivity index (χ2v) is 6.00. The molecule has 0 unspecified atom stereocenters. The molecule has 0 aromatic heterocycles. The summed E-state index contributed by atoms with van der Waals surface area (Å²) in [6, 6.07) is 0. The Labute approximate surface area is 129 Å². The molecule has 0 rings (SSSR count). The summed E-state index contributed by atoms with van der Waals surface area (Å²) in [4.78, 5) is 3.57. The Balaban J connectivity index is 0. The van der Waals surface area contributed by atoms with E-state index in [2.05, 4.69) is 41.5 Å². The molecule has 0 saturated carbocycles. The van der Waals surface area contributed by atoms with E-state index in [1.165, 1.54) is 77.8 Å². The average molecular weight is 289 g/mol. The number of nitrogens with one attached hydrogen (secondary N) is 2. The fourth-order valence-corrected chi connectivity index (χ4v) is 2.87. The minimum absolute atomic E-state index is 1.33. The second-order valence-electron chi connectivity index (χ2n) is 6.00. The van der Waals surface area contributed by atoms with Gasteiger partial charge in [-0.1, -0.05) is 41.5 Å². The monoisotopic (exact) mass is 288 g/mol. The van der Waals surface area contributed by atoms with Crippen molar-refractivity contribution < 1.29 is 9.80 Å². The lowest BCUT2D eigenvalue weighted by molar-refractivity contribution is -0.900. The summed E-state index contributed by atoms with van der Waals surface area (Å²) in [5.74, 6) is 0. The predicted octanol–water partition coefficient (Wildman–Crippen LogP) is 2.20. The quantitative estimate of drug-likeness (QED) is 0.545. The third-order valence-corrected chi connectivity index (χ3v) is 3.62. The van der Waals surface area contributed by atoms with Gasteiger partial charge in [0.1, 0.15) is 0 Å². The van der Waals surface area contributed by atoms with Crippen LogP contribution in [0.4, 0.5) is 0 Å². The number of hydrogen-bond acceptors (Lipinski definition) is 0. The van der Waals surface area contributed by atoms with E-state index in [9.17, 15) is 0 Å². The molecule has 0 aliphatic heterocycles. The van der Waals surface area contributed by atoms with Gasteiger partial charge in [-0.25, -0.2) is 0 Å². The Bertz CT molecular complexity index is 113. The molecule has 20 heavy (non-hydrogen) atoms. The van der Waals surface area contributed by atoms with Crippen LogP contribution in [0.25, 0.3) is 0 Å². The Morgan fingerprint density at radius 1 is 0.350 bits per heavy atom. The fraction of sp³-hybridized carbons (Fsp3) is 1.00. The van der Waals surface area contributed by atoms with Crippen molar-refractivity contribution in [3.8, 4) is 0 Å². The van der Waals surface area contributed by atoms with Crippen molar-refractivity contribution >= 4 is 0 Å². The van der Waals surface area contributed by atoms with Crippen molar-refractivity contribution in [2.75, 3.05) is 39.3 Å². The summed E-state index contributed by atoms with van der Waals surface area (Å²) < 4.78 is 0. The summed E-state index contributed by atoms with van der Waals surface area (Å²) in [7, 11) is 0. The molecule has 0 aliphatic carbocycles. The van der Waals surface area contributed by atoms with E-state index in [1.54, 1.807) is 9.80 Å². The minimum atomic E-state index is 1.33. The number of hydrogen-bond donors (Lipinski definition) is 2. The molecular formula is C18H44N2+2. The van der Waals surface area contributed by atoms with E-state index in [0.717, 1.165) is 0 Å². The van der Waals surface area contributed by atoms with Gasteiger partial charge in [0.25, 0.3) is 0 Å². The van der Waals surface area contributed by atoms with E-state index < -0.39 is 0 Å². The summed E-state index contributed by atoms with van der Waals surface area (Å²) >= 11 is 0. The van der Waals surface area contributed by atoms with Gasteiger partial charge in [0.05, 0.1) is 39.3 Å². The molecular weight excluding hydrogens is 244 g/mol. The van der Waals surface area contributed by atoms with Crippen LogP contribution in [0.3, 0.4) is 0 Å². The smallest absolute Gasteiger partial charge is 0.0768 e. The Morgan fingerprint density at radius 2 is 0.500 bits per heavy atom. The van der Waals surface area contributed by atoms with E-state index in [0.29, 0.717) is 0 Å². The van der Waals surface area contributed by atoms with Crippen molar-refractivity contribution in [3.05, 3.63) is 0 Å². The van der Waals surface area contributed by atoms with E-state index in [4.69, 9.17) is 0 Å². The fourth-order valence-electron chi connectivity index (χ4n) is 2.87. The number of quaternary nitrogens is 2. The maximum Gasteiger partial charge on any atom is 0.0768 e. The third kappa shape index (κ3) is 16.0. The van der Waals surface area contributed by atoms with Gasteiger partial charge in [-0.3, -0.25) is 0 Å². The summed E-state index contributed by atoms with van der Waals surface area (Å²) in [5, 5.41) is 0. The SMILES string of the molecule is CCC[NH+](CCC)CCC.CCC[NH+](CCC)CCC. The van der Waals surface area contributed by atoms with E-state index in [1.807, 2.05) is 0 Å². The predicted molar refractivity (Wildman–Crippen MR) is 92.9 cm³/mol. The van der Waals surface area contributed by atoms with Crippen LogP contribution in [0.5, 0.6) is 0 Å². The van der Waals surface area contributed by atoms with Crippen molar-refractivity contribution in [1.29, 1.82) is 0 Å². The molecule has 0 radical (unpaired) electrons. The standard InChI is InChI=1S/2C9H21N/c2*1-4-7-10(8-5-2)9-6-3/h2*4-9H2,1-3H3/p+2. The molecule has 0 heterocycles. The van der Waals surface area contributed by atoms with Crippen LogP contribution in [-0.2, 0) is 0 Å². The highest BCUT2D eigenvalue weighted by Gasteiger charge is 2.02.